The van der Waals surface area contributed by atoms with Crippen LogP contribution in [0, 0.1) is 0 Å². The molecule has 3 N–H and O–H groups in total. The van der Waals surface area contributed by atoms with Crippen LogP contribution < -0.4 is 10.6 Å². The Kier molecular flexibility index (Phi) is 5.36. The molecule has 2 heterocycles. The van der Waals surface area contributed by atoms with Gasteiger partial charge in [0, 0.05) is 37.3 Å². The van der Waals surface area contributed by atoms with Crippen molar-refractivity contribution in [1.29, 1.82) is 0 Å². The van der Waals surface area contributed by atoms with Crippen molar-refractivity contribution in [2.45, 2.75) is 81.8 Å². The molecule has 138 valence electrons. The second-order valence-electron chi connectivity index (χ2n) is 7.85. The van der Waals surface area contributed by atoms with Crippen molar-refractivity contribution in [3.05, 3.63) is 17.5 Å². The van der Waals surface area contributed by atoms with Gasteiger partial charge in [-0.1, -0.05) is 19.3 Å². The first-order valence-corrected chi connectivity index (χ1v) is 9.99. The smallest absolute Gasteiger partial charge is 0.255 e. The molecule has 1 aromatic heterocycles. The maximum Gasteiger partial charge on any atom is 0.255 e. The molecule has 6 heteroatoms. The van der Waals surface area contributed by atoms with Gasteiger partial charge in [0.15, 0.2) is 0 Å². The third-order valence-electron chi connectivity index (χ3n) is 6.19. The van der Waals surface area contributed by atoms with Gasteiger partial charge in [0.1, 0.15) is 0 Å². The summed E-state index contributed by atoms with van der Waals surface area (Å²) in [6.45, 7) is 1.70. The summed E-state index contributed by atoms with van der Waals surface area (Å²) in [5, 5.41) is 14.2. The molecule has 2 aliphatic carbocycles. The van der Waals surface area contributed by atoms with Gasteiger partial charge in [-0.3, -0.25) is 9.89 Å². The molecule has 0 spiro atoms. The van der Waals surface area contributed by atoms with Crippen LogP contribution in [0.3, 0.4) is 0 Å². The van der Waals surface area contributed by atoms with E-state index in [9.17, 15) is 4.79 Å². The number of H-pyrrole nitrogens is 1. The Hall–Kier alpha value is -1.40. The minimum Gasteiger partial charge on any atom is -0.381 e. The van der Waals surface area contributed by atoms with E-state index >= 15 is 0 Å². The Balaban J connectivity index is 1.33. The Bertz CT molecular complexity index is 576. The molecule has 4 rings (SSSR count). The molecule has 1 saturated heterocycles. The predicted molar refractivity (Wildman–Crippen MR) is 95.7 cm³/mol. The van der Waals surface area contributed by atoms with Crippen LogP contribution in [0.1, 0.15) is 79.8 Å². The summed E-state index contributed by atoms with van der Waals surface area (Å²) in [4.78, 5) is 12.8. The van der Waals surface area contributed by atoms with Crippen LogP contribution in [0.15, 0.2) is 6.20 Å². The summed E-state index contributed by atoms with van der Waals surface area (Å²) in [6, 6.07) is 1.17. The van der Waals surface area contributed by atoms with E-state index < -0.39 is 0 Å². The Morgan fingerprint density at radius 3 is 2.52 bits per heavy atom. The maximum absolute atomic E-state index is 12.8. The van der Waals surface area contributed by atoms with Crippen molar-refractivity contribution in [3.8, 4) is 0 Å². The normalized spacial score (nSPS) is 28.5. The van der Waals surface area contributed by atoms with Crippen molar-refractivity contribution in [2.75, 3.05) is 13.2 Å². The molecular weight excluding hydrogens is 316 g/mol. The number of rotatable bonds is 5. The second-order valence-corrected chi connectivity index (χ2v) is 7.85. The summed E-state index contributed by atoms with van der Waals surface area (Å²) >= 11 is 0. The Morgan fingerprint density at radius 1 is 1.04 bits per heavy atom. The molecule has 0 aromatic carbocycles. The van der Waals surface area contributed by atoms with E-state index in [-0.39, 0.29) is 11.9 Å². The number of nitrogens with zero attached hydrogens (tertiary/aromatic N) is 1. The highest BCUT2D eigenvalue weighted by atomic mass is 16.5. The summed E-state index contributed by atoms with van der Waals surface area (Å²) in [7, 11) is 0. The molecule has 2 atom stereocenters. The molecule has 3 fully saturated rings. The molecule has 0 bridgehead atoms. The van der Waals surface area contributed by atoms with Crippen LogP contribution in [0.5, 0.6) is 0 Å². The van der Waals surface area contributed by atoms with E-state index in [1.807, 2.05) is 0 Å². The molecule has 2 saturated carbocycles. The molecule has 1 amide bonds. The Labute approximate surface area is 149 Å². The van der Waals surface area contributed by atoms with Crippen LogP contribution in [-0.2, 0) is 4.74 Å². The lowest BCUT2D eigenvalue weighted by molar-refractivity contribution is 0.0652. The van der Waals surface area contributed by atoms with Crippen molar-refractivity contribution in [1.82, 2.24) is 20.8 Å². The van der Waals surface area contributed by atoms with Crippen LogP contribution in [0.4, 0.5) is 0 Å². The Morgan fingerprint density at radius 2 is 1.80 bits per heavy atom. The fraction of sp³-hybridized carbons (Fsp3) is 0.789. The van der Waals surface area contributed by atoms with Crippen LogP contribution >= 0.6 is 0 Å². The van der Waals surface area contributed by atoms with Crippen molar-refractivity contribution < 1.29 is 9.53 Å². The molecule has 1 aliphatic heterocycles. The first-order valence-electron chi connectivity index (χ1n) is 9.99. The topological polar surface area (TPSA) is 79.0 Å². The zero-order valence-corrected chi connectivity index (χ0v) is 14.9. The van der Waals surface area contributed by atoms with Gasteiger partial charge in [0.05, 0.1) is 17.5 Å². The average molecular weight is 346 g/mol. The van der Waals surface area contributed by atoms with Crippen LogP contribution in [0.2, 0.25) is 0 Å². The third kappa shape index (κ3) is 3.90. The average Bonchev–Trinajstić information content (AvgIpc) is 3.15. The van der Waals surface area contributed by atoms with Crippen LogP contribution in [-0.4, -0.2) is 47.4 Å². The van der Waals surface area contributed by atoms with Gasteiger partial charge in [-0.05, 0) is 38.5 Å². The fourth-order valence-electron chi connectivity index (χ4n) is 4.46. The maximum atomic E-state index is 12.8. The van der Waals surface area contributed by atoms with Gasteiger partial charge in [-0.15, -0.1) is 0 Å². The van der Waals surface area contributed by atoms with E-state index in [0.717, 1.165) is 50.2 Å². The highest BCUT2D eigenvalue weighted by molar-refractivity contribution is 5.95. The molecule has 25 heavy (non-hydrogen) atoms. The number of aromatic amines is 1. The zero-order valence-electron chi connectivity index (χ0n) is 14.9. The summed E-state index contributed by atoms with van der Waals surface area (Å²) in [5.41, 5.74) is 1.80. The lowest BCUT2D eigenvalue weighted by Gasteiger charge is -2.41. The summed E-state index contributed by atoms with van der Waals surface area (Å²) in [5.74, 6) is 0.507. The molecular formula is C19H30N4O2. The monoisotopic (exact) mass is 346 g/mol. The predicted octanol–water partition coefficient (Wildman–Crippen LogP) is 2.49. The van der Waals surface area contributed by atoms with Gasteiger partial charge in [-0.2, -0.15) is 5.10 Å². The lowest BCUT2D eigenvalue weighted by atomic mass is 9.84. The first kappa shape index (κ1) is 17.0. The number of nitrogens with one attached hydrogen (secondary N) is 3. The largest absolute Gasteiger partial charge is 0.381 e. The number of amides is 1. The van der Waals surface area contributed by atoms with Crippen molar-refractivity contribution >= 4 is 5.91 Å². The van der Waals surface area contributed by atoms with Gasteiger partial charge >= 0.3 is 0 Å². The van der Waals surface area contributed by atoms with E-state index in [0.29, 0.717) is 18.0 Å². The highest BCUT2D eigenvalue weighted by Gasteiger charge is 2.35. The zero-order chi connectivity index (χ0) is 17.1. The molecule has 1 aromatic rings. The van der Waals surface area contributed by atoms with Gasteiger partial charge in [0.25, 0.3) is 5.91 Å². The number of carbonyl (C=O) groups is 1. The summed E-state index contributed by atoms with van der Waals surface area (Å²) in [6.07, 6.45) is 12.2. The molecule has 0 unspecified atom stereocenters. The van der Waals surface area contributed by atoms with E-state index in [1.54, 1.807) is 6.20 Å². The summed E-state index contributed by atoms with van der Waals surface area (Å²) < 4.78 is 5.42. The minimum atomic E-state index is 0.0396. The number of carbonyl (C=O) groups excluding carboxylic acids is 1. The van der Waals surface area contributed by atoms with Crippen LogP contribution in [0.25, 0.3) is 0 Å². The van der Waals surface area contributed by atoms with Crippen molar-refractivity contribution in [3.63, 3.8) is 0 Å². The fourth-order valence-corrected chi connectivity index (χ4v) is 4.46. The lowest BCUT2D eigenvalue weighted by Crippen LogP contribution is -2.59. The minimum absolute atomic E-state index is 0.0396. The van der Waals surface area contributed by atoms with Gasteiger partial charge in [-0.25, -0.2) is 0 Å². The number of hydrogen-bond donors (Lipinski definition) is 3. The standard InChI is InChI=1S/C19H30N4O2/c24-19(15-12-20-23-18(15)13-4-2-1-3-5-13)22-17-7-6-16(17)21-14-8-10-25-11-9-14/h12-14,16-17,21H,1-11H2,(H,20,23)(H,22,24)/t16-,17+/m1/s1. The molecule has 3 aliphatic rings. The van der Waals surface area contributed by atoms with E-state index in [1.165, 1.54) is 32.1 Å². The SMILES string of the molecule is O=C(N[C@H]1CC[C@H]1NC1CCOCC1)c1cn[nH]c1C1CCCCC1. The van der Waals surface area contributed by atoms with Gasteiger partial charge < -0.3 is 15.4 Å². The van der Waals surface area contributed by atoms with E-state index in [4.69, 9.17) is 4.74 Å². The first-order chi connectivity index (χ1) is 12.3. The highest BCUT2D eigenvalue weighted by Crippen LogP contribution is 2.33. The number of aromatic nitrogens is 2. The third-order valence-corrected chi connectivity index (χ3v) is 6.19. The molecule has 6 nitrogen and oxygen atoms in total. The number of ether oxygens (including phenoxy) is 1. The second kappa shape index (κ2) is 7.87. The number of hydrogen-bond acceptors (Lipinski definition) is 4. The molecule has 0 radical (unpaired) electrons. The van der Waals surface area contributed by atoms with E-state index in [2.05, 4.69) is 20.8 Å². The van der Waals surface area contributed by atoms with Crippen molar-refractivity contribution in [2.24, 2.45) is 0 Å². The quantitative estimate of drug-likeness (QED) is 0.765. The van der Waals surface area contributed by atoms with Gasteiger partial charge in [0.2, 0.25) is 0 Å².